The van der Waals surface area contributed by atoms with Crippen LogP contribution in [0.5, 0.6) is 5.75 Å². The second-order valence-electron chi connectivity index (χ2n) is 6.71. The van der Waals surface area contributed by atoms with Crippen LogP contribution in [-0.2, 0) is 16.0 Å². The summed E-state index contributed by atoms with van der Waals surface area (Å²) < 4.78 is 18.2. The summed E-state index contributed by atoms with van der Waals surface area (Å²) >= 11 is 1.36. The number of anilines is 1. The number of methoxy groups -OCH3 is 1. The predicted molar refractivity (Wildman–Crippen MR) is 114 cm³/mol. The van der Waals surface area contributed by atoms with Crippen LogP contribution >= 0.6 is 11.3 Å². The Balaban J connectivity index is 1.62. The van der Waals surface area contributed by atoms with E-state index < -0.39 is 6.04 Å². The summed E-state index contributed by atoms with van der Waals surface area (Å²) in [5.74, 6) is -0.0606. The second kappa shape index (κ2) is 9.98. The van der Waals surface area contributed by atoms with Gasteiger partial charge >= 0.3 is 0 Å². The molecule has 0 saturated heterocycles. The van der Waals surface area contributed by atoms with Gasteiger partial charge in [0.2, 0.25) is 11.8 Å². The molecule has 0 aliphatic carbocycles. The maximum Gasteiger partial charge on any atom is 0.228 e. The van der Waals surface area contributed by atoms with Crippen LogP contribution in [0.3, 0.4) is 0 Å². The van der Waals surface area contributed by atoms with Crippen molar-refractivity contribution in [1.29, 1.82) is 0 Å². The minimum absolute atomic E-state index is 0.0682. The molecular weight excluding hydrogens is 405 g/mol. The molecule has 0 spiro atoms. The topological polar surface area (TPSA) is 80.3 Å². The number of rotatable bonds is 8. The molecule has 0 fully saturated rings. The molecule has 0 aliphatic rings. The fourth-order valence-electron chi connectivity index (χ4n) is 2.94. The number of aromatic nitrogens is 1. The van der Waals surface area contributed by atoms with Crippen molar-refractivity contribution in [3.05, 3.63) is 76.5 Å². The average Bonchev–Trinajstić information content (AvgIpc) is 3.15. The Bertz CT molecular complexity index is 1000. The number of nitrogens with zero attached hydrogens (tertiary/aromatic N) is 1. The Morgan fingerprint density at radius 3 is 2.47 bits per heavy atom. The smallest absolute Gasteiger partial charge is 0.228 e. The van der Waals surface area contributed by atoms with Gasteiger partial charge in [0.05, 0.1) is 19.6 Å². The van der Waals surface area contributed by atoms with Gasteiger partial charge in [-0.1, -0.05) is 24.3 Å². The lowest BCUT2D eigenvalue weighted by molar-refractivity contribution is -0.120. The molecule has 2 N–H and O–H groups in total. The minimum Gasteiger partial charge on any atom is -0.497 e. The molecule has 1 heterocycles. The summed E-state index contributed by atoms with van der Waals surface area (Å²) in [6.07, 6.45) is 2.37. The molecule has 0 saturated carbocycles. The van der Waals surface area contributed by atoms with E-state index in [-0.39, 0.29) is 24.1 Å². The summed E-state index contributed by atoms with van der Waals surface area (Å²) in [4.78, 5) is 29.3. The van der Waals surface area contributed by atoms with Crippen LogP contribution in [-0.4, -0.2) is 23.9 Å². The number of hydrogen-bond acceptors (Lipinski definition) is 5. The van der Waals surface area contributed by atoms with Crippen molar-refractivity contribution in [2.45, 2.75) is 25.8 Å². The van der Waals surface area contributed by atoms with Crippen molar-refractivity contribution in [2.24, 2.45) is 0 Å². The van der Waals surface area contributed by atoms with E-state index in [0.717, 1.165) is 16.0 Å². The van der Waals surface area contributed by atoms with Crippen molar-refractivity contribution in [2.75, 3.05) is 12.4 Å². The molecule has 6 nitrogen and oxygen atoms in total. The van der Waals surface area contributed by atoms with Crippen LogP contribution in [0.25, 0.3) is 0 Å². The van der Waals surface area contributed by atoms with E-state index in [1.165, 1.54) is 30.4 Å². The molecule has 2 aromatic carbocycles. The van der Waals surface area contributed by atoms with Gasteiger partial charge in [-0.15, -0.1) is 11.3 Å². The van der Waals surface area contributed by atoms with Gasteiger partial charge in [-0.25, -0.2) is 9.37 Å². The summed E-state index contributed by atoms with van der Waals surface area (Å²) in [6.45, 7) is 1.41. The van der Waals surface area contributed by atoms with Gasteiger partial charge in [-0.05, 0) is 35.4 Å². The van der Waals surface area contributed by atoms with Gasteiger partial charge in [0, 0.05) is 24.4 Å². The summed E-state index contributed by atoms with van der Waals surface area (Å²) in [6, 6.07) is 13.0. The molecule has 0 bridgehead atoms. The normalized spacial score (nSPS) is 11.6. The lowest BCUT2D eigenvalue weighted by Gasteiger charge is -2.18. The van der Waals surface area contributed by atoms with Gasteiger partial charge < -0.3 is 15.4 Å². The lowest BCUT2D eigenvalue weighted by Crippen LogP contribution is -2.29. The van der Waals surface area contributed by atoms with Crippen molar-refractivity contribution in [3.63, 3.8) is 0 Å². The van der Waals surface area contributed by atoms with Gasteiger partial charge in [-0.2, -0.15) is 0 Å². The third-order valence-electron chi connectivity index (χ3n) is 4.38. The quantitative estimate of drug-likeness (QED) is 0.568. The van der Waals surface area contributed by atoms with Crippen LogP contribution in [0, 0.1) is 5.82 Å². The number of benzene rings is 2. The lowest BCUT2D eigenvalue weighted by atomic mass is 10.0. The zero-order chi connectivity index (χ0) is 21.5. The third-order valence-corrected chi connectivity index (χ3v) is 5.29. The first kappa shape index (κ1) is 21.4. The molecule has 2 amide bonds. The minimum atomic E-state index is -0.466. The highest BCUT2D eigenvalue weighted by molar-refractivity contribution is 7.15. The highest BCUT2D eigenvalue weighted by atomic mass is 32.1. The molecule has 156 valence electrons. The summed E-state index contributed by atoms with van der Waals surface area (Å²) in [5, 5.41) is 6.07. The van der Waals surface area contributed by atoms with Gasteiger partial charge in [-0.3, -0.25) is 9.59 Å². The number of thiazole rings is 1. The number of hydrogen-bond donors (Lipinski definition) is 2. The van der Waals surface area contributed by atoms with E-state index in [2.05, 4.69) is 15.6 Å². The van der Waals surface area contributed by atoms with Gasteiger partial charge in [0.25, 0.3) is 0 Å². The van der Waals surface area contributed by atoms with Crippen LogP contribution in [0.1, 0.15) is 35.4 Å². The molecule has 8 heteroatoms. The van der Waals surface area contributed by atoms with E-state index in [9.17, 15) is 14.0 Å². The second-order valence-corrected chi connectivity index (χ2v) is 7.83. The molecule has 1 aromatic heterocycles. The van der Waals surface area contributed by atoms with Crippen LogP contribution in [0.2, 0.25) is 0 Å². The number of carbonyl (C=O) groups excluding carboxylic acids is 2. The van der Waals surface area contributed by atoms with Crippen molar-refractivity contribution in [1.82, 2.24) is 10.3 Å². The molecule has 3 aromatic rings. The van der Waals surface area contributed by atoms with E-state index in [4.69, 9.17) is 4.74 Å². The SMILES string of the molecule is COc1ccc(C(CC(=O)Nc2ncc(Cc3ccc(F)cc3)s2)NC(C)=O)cc1. The Labute approximate surface area is 178 Å². The van der Waals surface area contributed by atoms with Gasteiger partial charge in [0.1, 0.15) is 11.6 Å². The van der Waals surface area contributed by atoms with Crippen LogP contribution < -0.4 is 15.4 Å². The number of carbonyl (C=O) groups is 2. The zero-order valence-electron chi connectivity index (χ0n) is 16.6. The van der Waals surface area contributed by atoms with Crippen LogP contribution in [0.15, 0.2) is 54.7 Å². The van der Waals surface area contributed by atoms with E-state index in [0.29, 0.717) is 17.3 Å². The monoisotopic (exact) mass is 427 g/mol. The van der Waals surface area contributed by atoms with Crippen LogP contribution in [0.4, 0.5) is 9.52 Å². The fourth-order valence-corrected chi connectivity index (χ4v) is 3.80. The highest BCUT2D eigenvalue weighted by Gasteiger charge is 2.18. The van der Waals surface area contributed by atoms with E-state index >= 15 is 0 Å². The molecular formula is C22H22FN3O3S. The zero-order valence-corrected chi connectivity index (χ0v) is 17.5. The molecule has 1 atom stereocenters. The molecule has 1 unspecified atom stereocenters. The third kappa shape index (κ3) is 6.12. The largest absolute Gasteiger partial charge is 0.497 e. The number of ether oxygens (including phenoxy) is 1. The summed E-state index contributed by atoms with van der Waals surface area (Å²) in [7, 11) is 1.58. The molecule has 0 aliphatic heterocycles. The standard InChI is InChI=1S/C22H22FN3O3S/c1-14(27)25-20(16-5-9-18(29-2)10-6-16)12-21(28)26-22-24-13-19(30-22)11-15-3-7-17(23)8-4-15/h3-10,13,20H,11-12H2,1-2H3,(H,25,27)(H,24,26,28). The number of nitrogens with one attached hydrogen (secondary N) is 2. The van der Waals surface area contributed by atoms with Crippen molar-refractivity contribution < 1.29 is 18.7 Å². The first-order chi connectivity index (χ1) is 14.4. The maximum atomic E-state index is 13.0. The van der Waals surface area contributed by atoms with E-state index in [1.54, 1.807) is 37.6 Å². The fraction of sp³-hybridized carbons (Fsp3) is 0.227. The Kier molecular flexibility index (Phi) is 7.13. The number of amides is 2. The number of halogens is 1. The highest BCUT2D eigenvalue weighted by Crippen LogP contribution is 2.24. The van der Waals surface area contributed by atoms with Crippen molar-refractivity contribution >= 4 is 28.3 Å². The molecule has 0 radical (unpaired) electrons. The van der Waals surface area contributed by atoms with E-state index in [1.807, 2.05) is 12.1 Å². The van der Waals surface area contributed by atoms with Crippen molar-refractivity contribution in [3.8, 4) is 5.75 Å². The Morgan fingerprint density at radius 2 is 1.83 bits per heavy atom. The Morgan fingerprint density at radius 1 is 1.13 bits per heavy atom. The maximum absolute atomic E-state index is 13.0. The molecule has 3 rings (SSSR count). The first-order valence-electron chi connectivity index (χ1n) is 9.33. The first-order valence-corrected chi connectivity index (χ1v) is 10.1. The van der Waals surface area contributed by atoms with Gasteiger partial charge in [0.15, 0.2) is 5.13 Å². The molecule has 30 heavy (non-hydrogen) atoms. The average molecular weight is 428 g/mol. The Hall–Kier alpha value is -3.26. The summed E-state index contributed by atoms with van der Waals surface area (Å²) in [5.41, 5.74) is 1.76. The predicted octanol–water partition coefficient (Wildman–Crippen LogP) is 4.09.